The molecule has 144 valence electrons. The number of hydrogen-bond donors (Lipinski definition) is 2. The number of hydrogen-bond acceptors (Lipinski definition) is 5. The highest BCUT2D eigenvalue weighted by Crippen LogP contribution is 2.22. The molecule has 0 unspecified atom stereocenters. The van der Waals surface area contributed by atoms with E-state index in [2.05, 4.69) is 0 Å². The summed E-state index contributed by atoms with van der Waals surface area (Å²) >= 11 is 0. The summed E-state index contributed by atoms with van der Waals surface area (Å²) < 4.78 is 11.5. The number of rotatable bonds is 6. The molecule has 0 radical (unpaired) electrons. The normalized spacial score (nSPS) is 13.6. The summed E-state index contributed by atoms with van der Waals surface area (Å²) in [5.74, 6) is -0.204. The molecule has 7 nitrogen and oxygen atoms in total. The highest BCUT2D eigenvalue weighted by atomic mass is 16.5. The van der Waals surface area contributed by atoms with Crippen LogP contribution in [0, 0.1) is 13.8 Å². The van der Waals surface area contributed by atoms with Gasteiger partial charge in [-0.1, -0.05) is 35.9 Å². The molecule has 1 saturated heterocycles. The molecular formula is C21H20N2O5. The fourth-order valence-electron chi connectivity index (χ4n) is 2.76. The van der Waals surface area contributed by atoms with Gasteiger partial charge in [-0.05, 0) is 37.6 Å². The second-order valence-electron chi connectivity index (χ2n) is 6.30. The maximum absolute atomic E-state index is 11.9. The predicted molar refractivity (Wildman–Crippen MR) is 103 cm³/mol. The van der Waals surface area contributed by atoms with Crippen LogP contribution in [0.1, 0.15) is 16.7 Å². The molecule has 1 aliphatic heterocycles. The van der Waals surface area contributed by atoms with E-state index in [4.69, 9.17) is 9.47 Å². The lowest BCUT2D eigenvalue weighted by Crippen LogP contribution is -2.51. The zero-order valence-electron chi connectivity index (χ0n) is 15.6. The van der Waals surface area contributed by atoms with E-state index in [1.165, 1.54) is 11.6 Å². The van der Waals surface area contributed by atoms with E-state index in [0.717, 1.165) is 11.3 Å². The van der Waals surface area contributed by atoms with Gasteiger partial charge in [-0.25, -0.2) is 4.79 Å². The number of carbonyl (C=O) groups excluding carboxylic acids is 3. The van der Waals surface area contributed by atoms with Gasteiger partial charge in [0.1, 0.15) is 30.3 Å². The monoisotopic (exact) mass is 380 g/mol. The van der Waals surface area contributed by atoms with Gasteiger partial charge < -0.3 is 9.47 Å². The highest BCUT2D eigenvalue weighted by Gasteiger charge is 2.27. The maximum atomic E-state index is 11.9. The van der Waals surface area contributed by atoms with Gasteiger partial charge in [-0.2, -0.15) is 0 Å². The van der Waals surface area contributed by atoms with E-state index in [1.54, 1.807) is 24.3 Å². The Morgan fingerprint density at radius 1 is 0.857 bits per heavy atom. The van der Waals surface area contributed by atoms with E-state index in [-0.39, 0.29) is 12.2 Å². The smallest absolute Gasteiger partial charge is 0.328 e. The standard InChI is InChI=1S/C21H20N2O5/c1-13-7-8-17(14(2)11-13)27-9-10-28-18-6-4-3-5-15(18)12-16-19(24)22-21(26)23-20(16)25/h3-8,11-12H,9-10H2,1-2H3,(H2,22,23,24,25,26). The van der Waals surface area contributed by atoms with Crippen LogP contribution in [0.4, 0.5) is 4.79 Å². The zero-order chi connectivity index (χ0) is 20.1. The van der Waals surface area contributed by atoms with Gasteiger partial charge in [-0.3, -0.25) is 20.2 Å². The Bertz CT molecular complexity index is 943. The number of imide groups is 2. The van der Waals surface area contributed by atoms with Gasteiger partial charge in [0.05, 0.1) is 0 Å². The largest absolute Gasteiger partial charge is 0.490 e. The van der Waals surface area contributed by atoms with Crippen LogP contribution in [0.3, 0.4) is 0 Å². The Labute approximate surface area is 162 Å². The fourth-order valence-corrected chi connectivity index (χ4v) is 2.76. The summed E-state index contributed by atoms with van der Waals surface area (Å²) in [4.78, 5) is 34.9. The van der Waals surface area contributed by atoms with Gasteiger partial charge in [-0.15, -0.1) is 0 Å². The molecular weight excluding hydrogens is 360 g/mol. The Morgan fingerprint density at radius 3 is 2.18 bits per heavy atom. The first-order valence-corrected chi connectivity index (χ1v) is 8.74. The zero-order valence-corrected chi connectivity index (χ0v) is 15.6. The molecule has 0 atom stereocenters. The lowest BCUT2D eigenvalue weighted by Gasteiger charge is -2.15. The van der Waals surface area contributed by atoms with Crippen molar-refractivity contribution in [2.24, 2.45) is 0 Å². The number of para-hydroxylation sites is 1. The minimum atomic E-state index is -0.833. The molecule has 0 spiro atoms. The van der Waals surface area contributed by atoms with Crippen molar-refractivity contribution in [1.29, 1.82) is 0 Å². The highest BCUT2D eigenvalue weighted by molar-refractivity contribution is 6.31. The van der Waals surface area contributed by atoms with Crippen molar-refractivity contribution in [1.82, 2.24) is 10.6 Å². The summed E-state index contributed by atoms with van der Waals surface area (Å²) in [6.45, 7) is 4.62. The molecule has 7 heteroatoms. The maximum Gasteiger partial charge on any atom is 0.328 e. The second-order valence-corrected chi connectivity index (χ2v) is 6.30. The molecule has 2 aromatic rings. The number of barbiturate groups is 1. The Morgan fingerprint density at radius 2 is 1.50 bits per heavy atom. The molecule has 1 fully saturated rings. The number of urea groups is 1. The molecule has 0 saturated carbocycles. The molecule has 1 aliphatic rings. The lowest BCUT2D eigenvalue weighted by molar-refractivity contribution is -0.123. The fraction of sp³-hybridized carbons (Fsp3) is 0.190. The summed E-state index contributed by atoms with van der Waals surface area (Å²) in [6, 6.07) is 12.1. The quantitative estimate of drug-likeness (QED) is 0.456. The van der Waals surface area contributed by atoms with Crippen LogP contribution < -0.4 is 20.1 Å². The summed E-state index contributed by atoms with van der Waals surface area (Å²) in [5, 5.41) is 4.08. The summed E-state index contributed by atoms with van der Waals surface area (Å²) in [6.07, 6.45) is 1.39. The molecule has 0 aliphatic carbocycles. The molecule has 1 heterocycles. The lowest BCUT2D eigenvalue weighted by atomic mass is 10.1. The van der Waals surface area contributed by atoms with E-state index in [9.17, 15) is 14.4 Å². The van der Waals surface area contributed by atoms with Crippen LogP contribution >= 0.6 is 0 Å². The molecule has 3 rings (SSSR count). The van der Waals surface area contributed by atoms with Crippen LogP contribution in [-0.4, -0.2) is 31.1 Å². The van der Waals surface area contributed by atoms with Gasteiger partial charge in [0.25, 0.3) is 11.8 Å². The van der Waals surface area contributed by atoms with E-state index >= 15 is 0 Å². The predicted octanol–water partition coefficient (Wildman–Crippen LogP) is 2.51. The molecule has 4 amide bonds. The third kappa shape index (κ3) is 4.56. The van der Waals surface area contributed by atoms with Gasteiger partial charge in [0, 0.05) is 5.56 Å². The van der Waals surface area contributed by atoms with E-state index < -0.39 is 17.8 Å². The second kappa shape index (κ2) is 8.39. The number of aryl methyl sites for hydroxylation is 2. The van der Waals surface area contributed by atoms with Crippen molar-refractivity contribution in [2.75, 3.05) is 13.2 Å². The number of amides is 4. The number of benzene rings is 2. The molecule has 0 aromatic heterocycles. The van der Waals surface area contributed by atoms with Crippen molar-refractivity contribution >= 4 is 23.9 Å². The molecule has 28 heavy (non-hydrogen) atoms. The van der Waals surface area contributed by atoms with E-state index in [1.807, 2.05) is 42.7 Å². The van der Waals surface area contributed by atoms with E-state index in [0.29, 0.717) is 17.9 Å². The van der Waals surface area contributed by atoms with Gasteiger partial charge in [0.2, 0.25) is 0 Å². The first-order chi connectivity index (χ1) is 13.4. The topological polar surface area (TPSA) is 93.7 Å². The SMILES string of the molecule is Cc1ccc(OCCOc2ccccc2C=C2C(=O)NC(=O)NC2=O)c(C)c1. The third-order valence-corrected chi connectivity index (χ3v) is 4.09. The van der Waals surface area contributed by atoms with Crippen molar-refractivity contribution in [2.45, 2.75) is 13.8 Å². The van der Waals surface area contributed by atoms with Crippen LogP contribution in [0.15, 0.2) is 48.0 Å². The summed E-state index contributed by atoms with van der Waals surface area (Å²) in [7, 11) is 0. The first-order valence-electron chi connectivity index (χ1n) is 8.74. The minimum Gasteiger partial charge on any atom is -0.490 e. The van der Waals surface area contributed by atoms with Crippen molar-refractivity contribution in [3.63, 3.8) is 0 Å². The number of nitrogens with one attached hydrogen (secondary N) is 2. The molecule has 0 bridgehead atoms. The van der Waals surface area contributed by atoms with Crippen LogP contribution in [0.5, 0.6) is 11.5 Å². The molecule has 2 aromatic carbocycles. The van der Waals surface area contributed by atoms with Crippen molar-refractivity contribution in [3.8, 4) is 11.5 Å². The van der Waals surface area contributed by atoms with Crippen molar-refractivity contribution in [3.05, 3.63) is 64.7 Å². The Hall–Kier alpha value is -3.61. The Kier molecular flexibility index (Phi) is 5.74. The average molecular weight is 380 g/mol. The van der Waals surface area contributed by atoms with Crippen molar-refractivity contribution < 1.29 is 23.9 Å². The van der Waals surface area contributed by atoms with Crippen LogP contribution in [0.25, 0.3) is 6.08 Å². The number of carbonyl (C=O) groups is 3. The molecule has 2 N–H and O–H groups in total. The van der Waals surface area contributed by atoms with Gasteiger partial charge in [0.15, 0.2) is 0 Å². The minimum absolute atomic E-state index is 0.165. The first kappa shape index (κ1) is 19.2. The van der Waals surface area contributed by atoms with Gasteiger partial charge >= 0.3 is 6.03 Å². The average Bonchev–Trinajstić information content (AvgIpc) is 2.64. The third-order valence-electron chi connectivity index (χ3n) is 4.09. The number of ether oxygens (including phenoxy) is 2. The van der Waals surface area contributed by atoms with Crippen LogP contribution in [-0.2, 0) is 9.59 Å². The van der Waals surface area contributed by atoms with Crippen LogP contribution in [0.2, 0.25) is 0 Å². The summed E-state index contributed by atoms with van der Waals surface area (Å²) in [5.41, 5.74) is 2.60. The Balaban J connectivity index is 1.66.